The number of halogens is 1. The van der Waals surface area contributed by atoms with Crippen LogP contribution in [-0.2, 0) is 6.54 Å². The van der Waals surface area contributed by atoms with Crippen molar-refractivity contribution in [2.24, 2.45) is 0 Å². The lowest BCUT2D eigenvalue weighted by atomic mass is 10.2. The van der Waals surface area contributed by atoms with Crippen molar-refractivity contribution in [3.05, 3.63) is 29.8 Å². The first-order valence-electron chi connectivity index (χ1n) is 3.87. The Bertz CT molecular complexity index is 319. The average Bonchev–Trinajstić information content (AvgIpc) is 2.04. The topological polar surface area (TPSA) is 39.9 Å². The van der Waals surface area contributed by atoms with Crippen molar-refractivity contribution >= 4 is 0 Å². The molecule has 68 valence electrons. The van der Waals surface area contributed by atoms with E-state index >= 15 is 0 Å². The third kappa shape index (κ3) is 3.18. The standard InChI is InChI=1S/C9H10FN3/c1-13(3-2-11)7-8-4-9(10)6-12-5-8/h4-6H,3,7H2,1H3. The van der Waals surface area contributed by atoms with E-state index in [2.05, 4.69) is 4.98 Å². The van der Waals surface area contributed by atoms with Crippen LogP contribution in [0.3, 0.4) is 0 Å². The molecule has 1 heterocycles. The van der Waals surface area contributed by atoms with Crippen LogP contribution in [0.5, 0.6) is 0 Å². The van der Waals surface area contributed by atoms with Gasteiger partial charge in [-0.15, -0.1) is 0 Å². The van der Waals surface area contributed by atoms with Crippen LogP contribution >= 0.6 is 0 Å². The highest BCUT2D eigenvalue weighted by molar-refractivity contribution is 5.09. The first kappa shape index (κ1) is 9.62. The number of hydrogen-bond donors (Lipinski definition) is 0. The molecule has 0 unspecified atom stereocenters. The van der Waals surface area contributed by atoms with Gasteiger partial charge in [-0.2, -0.15) is 5.26 Å². The van der Waals surface area contributed by atoms with Gasteiger partial charge in [0.25, 0.3) is 0 Å². The van der Waals surface area contributed by atoms with E-state index in [-0.39, 0.29) is 5.82 Å². The number of hydrogen-bond acceptors (Lipinski definition) is 3. The van der Waals surface area contributed by atoms with Crippen LogP contribution < -0.4 is 0 Å². The maximum absolute atomic E-state index is 12.7. The second kappa shape index (κ2) is 4.53. The fraction of sp³-hybridized carbons (Fsp3) is 0.333. The largest absolute Gasteiger partial charge is 0.289 e. The molecule has 0 amide bonds. The molecule has 3 nitrogen and oxygen atoms in total. The van der Waals surface area contributed by atoms with Gasteiger partial charge >= 0.3 is 0 Å². The molecule has 0 saturated heterocycles. The summed E-state index contributed by atoms with van der Waals surface area (Å²) < 4.78 is 12.7. The van der Waals surface area contributed by atoms with Crippen LogP contribution in [0.2, 0.25) is 0 Å². The third-order valence-electron chi connectivity index (χ3n) is 1.55. The van der Waals surface area contributed by atoms with Crippen LogP contribution in [0.1, 0.15) is 5.56 Å². The zero-order valence-corrected chi connectivity index (χ0v) is 7.37. The lowest BCUT2D eigenvalue weighted by molar-refractivity contribution is 0.366. The monoisotopic (exact) mass is 179 g/mol. The molecule has 0 spiro atoms. The Morgan fingerprint density at radius 2 is 2.38 bits per heavy atom. The second-order valence-electron chi connectivity index (χ2n) is 2.84. The fourth-order valence-corrected chi connectivity index (χ4v) is 1.03. The van der Waals surface area contributed by atoms with E-state index in [4.69, 9.17) is 5.26 Å². The van der Waals surface area contributed by atoms with Crippen molar-refractivity contribution < 1.29 is 4.39 Å². The minimum atomic E-state index is -0.345. The van der Waals surface area contributed by atoms with Gasteiger partial charge in [-0.1, -0.05) is 0 Å². The van der Waals surface area contributed by atoms with Gasteiger partial charge in [0, 0.05) is 12.7 Å². The predicted molar refractivity (Wildman–Crippen MR) is 46.1 cm³/mol. The van der Waals surface area contributed by atoms with Gasteiger partial charge in [-0.05, 0) is 18.7 Å². The number of pyridine rings is 1. The number of nitriles is 1. The Hall–Kier alpha value is -1.47. The summed E-state index contributed by atoms with van der Waals surface area (Å²) in [5.41, 5.74) is 0.776. The number of nitrogens with zero attached hydrogens (tertiary/aromatic N) is 3. The van der Waals surface area contributed by atoms with Gasteiger partial charge in [-0.3, -0.25) is 9.88 Å². The van der Waals surface area contributed by atoms with Crippen LogP contribution in [-0.4, -0.2) is 23.5 Å². The Labute approximate surface area is 76.4 Å². The molecule has 0 saturated carbocycles. The molecule has 0 aromatic carbocycles. The quantitative estimate of drug-likeness (QED) is 0.654. The van der Waals surface area contributed by atoms with Crippen molar-refractivity contribution in [2.75, 3.05) is 13.6 Å². The number of aromatic nitrogens is 1. The first-order valence-corrected chi connectivity index (χ1v) is 3.87. The van der Waals surface area contributed by atoms with Crippen molar-refractivity contribution in [1.82, 2.24) is 9.88 Å². The third-order valence-corrected chi connectivity index (χ3v) is 1.55. The molecule has 0 aliphatic heterocycles. The Kier molecular flexibility index (Phi) is 3.35. The highest BCUT2D eigenvalue weighted by atomic mass is 19.1. The normalized spacial score (nSPS) is 10.0. The zero-order valence-electron chi connectivity index (χ0n) is 7.37. The van der Waals surface area contributed by atoms with Crippen molar-refractivity contribution in [3.63, 3.8) is 0 Å². The van der Waals surface area contributed by atoms with Gasteiger partial charge in [0.05, 0.1) is 18.8 Å². The molecule has 1 aromatic heterocycles. The van der Waals surface area contributed by atoms with Crippen molar-refractivity contribution in [1.29, 1.82) is 5.26 Å². The van der Waals surface area contributed by atoms with Crippen LogP contribution in [0, 0.1) is 17.1 Å². The van der Waals surface area contributed by atoms with E-state index in [1.807, 2.05) is 6.07 Å². The van der Waals surface area contributed by atoms with Crippen LogP contribution in [0.15, 0.2) is 18.5 Å². The van der Waals surface area contributed by atoms with E-state index in [9.17, 15) is 4.39 Å². The summed E-state index contributed by atoms with van der Waals surface area (Å²) in [6, 6.07) is 3.43. The average molecular weight is 179 g/mol. The smallest absolute Gasteiger partial charge is 0.141 e. The Morgan fingerprint density at radius 1 is 1.62 bits per heavy atom. The van der Waals surface area contributed by atoms with Gasteiger partial charge in [0.1, 0.15) is 5.82 Å². The second-order valence-corrected chi connectivity index (χ2v) is 2.84. The summed E-state index contributed by atoms with van der Waals surface area (Å²) in [5, 5.41) is 8.39. The fourth-order valence-electron chi connectivity index (χ4n) is 1.03. The highest BCUT2D eigenvalue weighted by Crippen LogP contribution is 2.03. The van der Waals surface area contributed by atoms with Gasteiger partial charge in [-0.25, -0.2) is 4.39 Å². The van der Waals surface area contributed by atoms with Gasteiger partial charge in [0.15, 0.2) is 0 Å². The summed E-state index contributed by atoms with van der Waals surface area (Å²) in [6.07, 6.45) is 2.75. The highest BCUT2D eigenvalue weighted by Gasteiger charge is 2.00. The molecular weight excluding hydrogens is 169 g/mol. The summed E-state index contributed by atoms with van der Waals surface area (Å²) >= 11 is 0. The molecule has 0 N–H and O–H groups in total. The number of rotatable bonds is 3. The van der Waals surface area contributed by atoms with E-state index in [0.29, 0.717) is 13.1 Å². The van der Waals surface area contributed by atoms with Crippen LogP contribution in [0.4, 0.5) is 4.39 Å². The molecule has 0 aliphatic carbocycles. The van der Waals surface area contributed by atoms with Gasteiger partial charge in [0.2, 0.25) is 0 Å². The molecule has 1 rings (SSSR count). The lowest BCUT2D eigenvalue weighted by Gasteiger charge is -2.11. The summed E-state index contributed by atoms with van der Waals surface area (Å²) in [5.74, 6) is -0.345. The zero-order chi connectivity index (χ0) is 9.68. The molecule has 0 atom stereocenters. The van der Waals surface area contributed by atoms with E-state index < -0.39 is 0 Å². The first-order chi connectivity index (χ1) is 6.22. The molecule has 0 fully saturated rings. The maximum Gasteiger partial charge on any atom is 0.141 e. The predicted octanol–water partition coefficient (Wildman–Crippen LogP) is 1.18. The summed E-state index contributed by atoms with van der Waals surface area (Å²) in [4.78, 5) is 5.50. The van der Waals surface area contributed by atoms with Gasteiger partial charge < -0.3 is 0 Å². The van der Waals surface area contributed by atoms with E-state index in [1.54, 1.807) is 18.1 Å². The maximum atomic E-state index is 12.7. The summed E-state index contributed by atoms with van der Waals surface area (Å²) in [7, 11) is 1.80. The molecule has 0 bridgehead atoms. The van der Waals surface area contributed by atoms with E-state index in [0.717, 1.165) is 11.8 Å². The minimum absolute atomic E-state index is 0.330. The minimum Gasteiger partial charge on any atom is -0.289 e. The van der Waals surface area contributed by atoms with Crippen molar-refractivity contribution in [2.45, 2.75) is 6.54 Å². The molecule has 4 heteroatoms. The Morgan fingerprint density at radius 3 is 3.00 bits per heavy atom. The van der Waals surface area contributed by atoms with Crippen LogP contribution in [0.25, 0.3) is 0 Å². The SMILES string of the molecule is CN(CC#N)Cc1cncc(F)c1. The molecule has 1 aromatic rings. The lowest BCUT2D eigenvalue weighted by Crippen LogP contribution is -2.17. The molecule has 0 radical (unpaired) electrons. The summed E-state index contributed by atoms with van der Waals surface area (Å²) in [6.45, 7) is 0.870. The molecule has 0 aliphatic rings. The van der Waals surface area contributed by atoms with Crippen molar-refractivity contribution in [3.8, 4) is 6.07 Å². The Balaban J connectivity index is 2.59. The molecular formula is C9H10FN3. The molecule has 13 heavy (non-hydrogen) atoms. The van der Waals surface area contributed by atoms with E-state index in [1.165, 1.54) is 6.07 Å².